The molecule has 0 aliphatic carbocycles. The fourth-order valence-electron chi connectivity index (χ4n) is 2.57. The van der Waals surface area contributed by atoms with Gasteiger partial charge in [0.05, 0.1) is 6.10 Å². The molecule has 2 rings (SSSR count). The predicted molar refractivity (Wildman–Crippen MR) is 76.0 cm³/mol. The highest BCUT2D eigenvalue weighted by atomic mass is 16.3. The van der Waals surface area contributed by atoms with Gasteiger partial charge in [0.25, 0.3) is 0 Å². The molecule has 18 heavy (non-hydrogen) atoms. The van der Waals surface area contributed by atoms with E-state index in [-0.39, 0.29) is 6.10 Å². The maximum absolute atomic E-state index is 9.67. The standard InChI is InChI=1S/C15H24N2O/c1-3-9-16-12(2)14-6-4-5-7-15(14)17-10-8-13(18)11-17/h4-7,12-13,16,18H,3,8-11H2,1-2H3. The maximum atomic E-state index is 9.67. The SMILES string of the molecule is CCCNC(C)c1ccccc1N1CCC(O)C1. The first kappa shape index (κ1) is 13.4. The van der Waals surface area contributed by atoms with Crippen LogP contribution in [0.2, 0.25) is 0 Å². The number of para-hydroxylation sites is 1. The summed E-state index contributed by atoms with van der Waals surface area (Å²) in [4.78, 5) is 2.30. The van der Waals surface area contributed by atoms with Gasteiger partial charge in [-0.05, 0) is 37.9 Å². The van der Waals surface area contributed by atoms with Crippen LogP contribution in [0.4, 0.5) is 5.69 Å². The zero-order valence-corrected chi connectivity index (χ0v) is 11.4. The molecule has 1 aromatic rings. The van der Waals surface area contributed by atoms with Crippen LogP contribution < -0.4 is 10.2 Å². The third-order valence-corrected chi connectivity index (χ3v) is 3.61. The number of hydrogen-bond donors (Lipinski definition) is 2. The zero-order chi connectivity index (χ0) is 13.0. The predicted octanol–water partition coefficient (Wildman–Crippen LogP) is 2.32. The molecule has 1 aliphatic rings. The van der Waals surface area contributed by atoms with Gasteiger partial charge >= 0.3 is 0 Å². The number of β-amino-alcohol motifs (C(OH)–C–C–N with tert-alkyl or cyclic N) is 1. The monoisotopic (exact) mass is 248 g/mol. The van der Waals surface area contributed by atoms with E-state index in [0.29, 0.717) is 6.04 Å². The van der Waals surface area contributed by atoms with E-state index >= 15 is 0 Å². The third-order valence-electron chi connectivity index (χ3n) is 3.61. The maximum Gasteiger partial charge on any atom is 0.0731 e. The van der Waals surface area contributed by atoms with Gasteiger partial charge in [0.2, 0.25) is 0 Å². The molecule has 100 valence electrons. The van der Waals surface area contributed by atoms with Crippen molar-refractivity contribution in [1.29, 1.82) is 0 Å². The van der Waals surface area contributed by atoms with E-state index in [9.17, 15) is 5.11 Å². The van der Waals surface area contributed by atoms with Crippen molar-refractivity contribution in [3.8, 4) is 0 Å². The van der Waals surface area contributed by atoms with Crippen molar-refractivity contribution in [2.24, 2.45) is 0 Å². The van der Waals surface area contributed by atoms with Gasteiger partial charge < -0.3 is 15.3 Å². The van der Waals surface area contributed by atoms with Gasteiger partial charge in [-0.25, -0.2) is 0 Å². The van der Waals surface area contributed by atoms with Gasteiger partial charge in [-0.1, -0.05) is 25.1 Å². The number of aliphatic hydroxyl groups excluding tert-OH is 1. The fraction of sp³-hybridized carbons (Fsp3) is 0.600. The van der Waals surface area contributed by atoms with Crippen molar-refractivity contribution in [2.45, 2.75) is 38.8 Å². The molecule has 0 bridgehead atoms. The lowest BCUT2D eigenvalue weighted by Gasteiger charge is -2.25. The minimum Gasteiger partial charge on any atom is -0.391 e. The van der Waals surface area contributed by atoms with Crippen LogP contribution in [0, 0.1) is 0 Å². The second kappa shape index (κ2) is 6.21. The molecule has 1 aromatic carbocycles. The van der Waals surface area contributed by atoms with Crippen molar-refractivity contribution in [3.05, 3.63) is 29.8 Å². The molecule has 1 heterocycles. The number of nitrogens with one attached hydrogen (secondary N) is 1. The number of hydrogen-bond acceptors (Lipinski definition) is 3. The summed E-state index contributed by atoms with van der Waals surface area (Å²) in [7, 11) is 0. The molecule has 3 nitrogen and oxygen atoms in total. The molecule has 3 heteroatoms. The van der Waals surface area contributed by atoms with Crippen LogP contribution in [0.25, 0.3) is 0 Å². The largest absolute Gasteiger partial charge is 0.391 e. The molecular formula is C15H24N2O. The van der Waals surface area contributed by atoms with Crippen LogP contribution in [-0.4, -0.2) is 30.8 Å². The highest BCUT2D eigenvalue weighted by molar-refractivity contribution is 5.55. The molecule has 1 saturated heterocycles. The summed E-state index contributed by atoms with van der Waals surface area (Å²) in [5, 5.41) is 13.2. The Morgan fingerprint density at radius 2 is 2.22 bits per heavy atom. The number of anilines is 1. The summed E-state index contributed by atoms with van der Waals surface area (Å²) >= 11 is 0. The van der Waals surface area contributed by atoms with Gasteiger partial charge in [-0.2, -0.15) is 0 Å². The van der Waals surface area contributed by atoms with E-state index in [1.54, 1.807) is 0 Å². The van der Waals surface area contributed by atoms with Crippen molar-refractivity contribution >= 4 is 5.69 Å². The van der Waals surface area contributed by atoms with Crippen LogP contribution in [-0.2, 0) is 0 Å². The topological polar surface area (TPSA) is 35.5 Å². The van der Waals surface area contributed by atoms with Crippen LogP contribution in [0.5, 0.6) is 0 Å². The number of benzene rings is 1. The lowest BCUT2D eigenvalue weighted by atomic mass is 10.1. The second-order valence-corrected chi connectivity index (χ2v) is 5.12. The Balaban J connectivity index is 2.14. The van der Waals surface area contributed by atoms with E-state index in [0.717, 1.165) is 32.5 Å². The van der Waals surface area contributed by atoms with Crippen LogP contribution in [0.1, 0.15) is 38.3 Å². The molecule has 1 aliphatic heterocycles. The van der Waals surface area contributed by atoms with E-state index < -0.39 is 0 Å². The van der Waals surface area contributed by atoms with Crippen LogP contribution >= 0.6 is 0 Å². The average molecular weight is 248 g/mol. The number of nitrogens with zero attached hydrogens (tertiary/aromatic N) is 1. The van der Waals surface area contributed by atoms with Gasteiger partial charge in [0.15, 0.2) is 0 Å². The first-order chi connectivity index (χ1) is 8.72. The Kier molecular flexibility index (Phi) is 4.61. The first-order valence-corrected chi connectivity index (χ1v) is 6.97. The van der Waals surface area contributed by atoms with Gasteiger partial charge in [0.1, 0.15) is 0 Å². The minimum absolute atomic E-state index is 0.169. The molecule has 0 aromatic heterocycles. The lowest BCUT2D eigenvalue weighted by molar-refractivity contribution is 0.198. The molecule has 2 unspecified atom stereocenters. The van der Waals surface area contributed by atoms with Crippen LogP contribution in [0.3, 0.4) is 0 Å². The number of rotatable bonds is 5. The van der Waals surface area contributed by atoms with Crippen molar-refractivity contribution in [3.63, 3.8) is 0 Å². The Morgan fingerprint density at radius 1 is 1.44 bits per heavy atom. The summed E-state index contributed by atoms with van der Waals surface area (Å²) in [6.45, 7) is 7.15. The normalized spacial score (nSPS) is 21.3. The Hall–Kier alpha value is -1.06. The third kappa shape index (κ3) is 3.03. The zero-order valence-electron chi connectivity index (χ0n) is 11.4. The van der Waals surface area contributed by atoms with E-state index in [4.69, 9.17) is 0 Å². The second-order valence-electron chi connectivity index (χ2n) is 5.12. The molecular weight excluding hydrogens is 224 g/mol. The molecule has 0 amide bonds. The van der Waals surface area contributed by atoms with Gasteiger partial charge in [-0.3, -0.25) is 0 Å². The molecule has 0 radical (unpaired) electrons. The molecule has 0 spiro atoms. The van der Waals surface area contributed by atoms with Crippen LogP contribution in [0.15, 0.2) is 24.3 Å². The highest BCUT2D eigenvalue weighted by Crippen LogP contribution is 2.28. The molecule has 1 fully saturated rings. The van der Waals surface area contributed by atoms with E-state index in [1.165, 1.54) is 11.3 Å². The molecule has 2 atom stereocenters. The summed E-state index contributed by atoms with van der Waals surface area (Å²) in [6, 6.07) is 8.88. The van der Waals surface area contributed by atoms with Gasteiger partial charge in [-0.15, -0.1) is 0 Å². The summed E-state index contributed by atoms with van der Waals surface area (Å²) in [5.74, 6) is 0. The van der Waals surface area contributed by atoms with Crippen molar-refractivity contribution in [2.75, 3.05) is 24.5 Å². The smallest absolute Gasteiger partial charge is 0.0731 e. The van der Waals surface area contributed by atoms with Gasteiger partial charge in [0, 0.05) is 24.8 Å². The molecule has 0 saturated carbocycles. The highest BCUT2D eigenvalue weighted by Gasteiger charge is 2.23. The Morgan fingerprint density at radius 3 is 2.89 bits per heavy atom. The van der Waals surface area contributed by atoms with E-state index in [2.05, 4.69) is 48.3 Å². The fourth-order valence-corrected chi connectivity index (χ4v) is 2.57. The Bertz CT molecular complexity index is 381. The molecule has 2 N–H and O–H groups in total. The number of aliphatic hydroxyl groups is 1. The van der Waals surface area contributed by atoms with Crippen molar-refractivity contribution in [1.82, 2.24) is 5.32 Å². The summed E-state index contributed by atoms with van der Waals surface area (Å²) in [6.07, 6.45) is 1.86. The summed E-state index contributed by atoms with van der Waals surface area (Å²) in [5.41, 5.74) is 2.60. The average Bonchev–Trinajstić information content (AvgIpc) is 2.82. The summed E-state index contributed by atoms with van der Waals surface area (Å²) < 4.78 is 0. The Labute approximate surface area is 110 Å². The van der Waals surface area contributed by atoms with E-state index in [1.807, 2.05) is 0 Å². The lowest BCUT2D eigenvalue weighted by Crippen LogP contribution is -2.26. The van der Waals surface area contributed by atoms with Crippen molar-refractivity contribution < 1.29 is 5.11 Å². The minimum atomic E-state index is -0.169. The first-order valence-electron chi connectivity index (χ1n) is 6.97. The quantitative estimate of drug-likeness (QED) is 0.839.